The highest BCUT2D eigenvalue weighted by Crippen LogP contribution is 2.28. The summed E-state index contributed by atoms with van der Waals surface area (Å²) in [4.78, 5) is 7.21. The third kappa shape index (κ3) is 1.93. The van der Waals surface area contributed by atoms with Crippen LogP contribution < -0.4 is 0 Å². The Kier molecular flexibility index (Phi) is 3.08. The number of hydrogen-bond donors (Lipinski definition) is 0. The summed E-state index contributed by atoms with van der Waals surface area (Å²) in [7, 11) is 0. The summed E-state index contributed by atoms with van der Waals surface area (Å²) in [6.45, 7) is 7.99. The molecule has 3 heteroatoms. The molecule has 3 nitrogen and oxygen atoms in total. The van der Waals surface area contributed by atoms with Gasteiger partial charge in [0, 0.05) is 19.1 Å². The molecule has 1 aliphatic heterocycles. The first-order valence-electron chi connectivity index (χ1n) is 6.95. The lowest BCUT2D eigenvalue weighted by Gasteiger charge is -2.32. The second-order valence-electron chi connectivity index (χ2n) is 5.18. The van der Waals surface area contributed by atoms with Crippen molar-refractivity contribution in [2.45, 2.75) is 32.7 Å². The van der Waals surface area contributed by atoms with Crippen LogP contribution in [0.15, 0.2) is 24.3 Å². The largest absolute Gasteiger partial charge is 0.325 e. The van der Waals surface area contributed by atoms with Crippen molar-refractivity contribution >= 4 is 11.0 Å². The molecule has 0 bridgehead atoms. The average Bonchev–Trinajstić information content (AvgIpc) is 2.75. The van der Waals surface area contributed by atoms with Crippen LogP contribution in [0.3, 0.4) is 0 Å². The molecule has 1 aromatic heterocycles. The van der Waals surface area contributed by atoms with Crippen LogP contribution in [0.5, 0.6) is 0 Å². The van der Waals surface area contributed by atoms with Crippen molar-refractivity contribution in [1.82, 2.24) is 14.5 Å². The molecule has 0 spiro atoms. The quantitative estimate of drug-likeness (QED) is 0.808. The van der Waals surface area contributed by atoms with E-state index in [9.17, 15) is 0 Å². The topological polar surface area (TPSA) is 21.1 Å². The number of benzene rings is 1. The van der Waals surface area contributed by atoms with Crippen molar-refractivity contribution in [1.29, 1.82) is 0 Å². The minimum atomic E-state index is 0.625. The Labute approximate surface area is 108 Å². The minimum Gasteiger partial charge on any atom is -0.325 e. The maximum Gasteiger partial charge on any atom is 0.106 e. The van der Waals surface area contributed by atoms with Gasteiger partial charge < -0.3 is 9.47 Å². The third-order valence-electron chi connectivity index (χ3n) is 4.14. The normalized spacial score (nSPS) is 18.6. The van der Waals surface area contributed by atoms with E-state index < -0.39 is 0 Å². The van der Waals surface area contributed by atoms with Crippen LogP contribution in [-0.4, -0.2) is 34.1 Å². The molecule has 0 unspecified atom stereocenters. The van der Waals surface area contributed by atoms with Gasteiger partial charge in [0.25, 0.3) is 0 Å². The second kappa shape index (κ2) is 4.73. The molecule has 1 aliphatic rings. The van der Waals surface area contributed by atoms with Crippen LogP contribution in [0.4, 0.5) is 0 Å². The van der Waals surface area contributed by atoms with Crippen LogP contribution in [-0.2, 0) is 0 Å². The molecule has 0 aliphatic carbocycles. The minimum absolute atomic E-state index is 0.625. The van der Waals surface area contributed by atoms with Gasteiger partial charge in [-0.05, 0) is 38.4 Å². The molecule has 96 valence electrons. The second-order valence-corrected chi connectivity index (χ2v) is 5.18. The number of aryl methyl sites for hydroxylation is 1. The number of fused-ring (bicyclic) bond motifs is 1. The zero-order chi connectivity index (χ0) is 12.5. The fourth-order valence-electron chi connectivity index (χ4n) is 3.12. The van der Waals surface area contributed by atoms with E-state index in [1.54, 1.807) is 0 Å². The van der Waals surface area contributed by atoms with Gasteiger partial charge in [-0.2, -0.15) is 0 Å². The van der Waals surface area contributed by atoms with E-state index in [4.69, 9.17) is 0 Å². The number of likely N-dealkylation sites (tertiary alicyclic amines) is 1. The summed E-state index contributed by atoms with van der Waals surface area (Å²) in [5, 5.41) is 0. The van der Waals surface area contributed by atoms with Gasteiger partial charge in [0.15, 0.2) is 0 Å². The van der Waals surface area contributed by atoms with Crippen molar-refractivity contribution in [3.63, 3.8) is 0 Å². The summed E-state index contributed by atoms with van der Waals surface area (Å²) in [5.41, 5.74) is 2.43. The lowest BCUT2D eigenvalue weighted by molar-refractivity contribution is 0.195. The Balaban J connectivity index is 1.92. The zero-order valence-corrected chi connectivity index (χ0v) is 11.3. The molecule has 3 rings (SSSR count). The molecule has 0 amide bonds. The standard InChI is InChI=1S/C15H21N3/c1-3-17-10-8-13(9-11-17)18-12(2)16-14-6-4-5-7-15(14)18/h4-7,13H,3,8-11H2,1-2H3. The number of para-hydroxylation sites is 2. The van der Waals surface area contributed by atoms with E-state index in [-0.39, 0.29) is 0 Å². The molecule has 2 heterocycles. The van der Waals surface area contributed by atoms with E-state index >= 15 is 0 Å². The molecule has 1 saturated heterocycles. The smallest absolute Gasteiger partial charge is 0.106 e. The maximum absolute atomic E-state index is 4.68. The van der Waals surface area contributed by atoms with Crippen LogP contribution in [0, 0.1) is 6.92 Å². The highest BCUT2D eigenvalue weighted by Gasteiger charge is 2.22. The van der Waals surface area contributed by atoms with Gasteiger partial charge in [-0.15, -0.1) is 0 Å². The molecule has 1 aromatic carbocycles. The van der Waals surface area contributed by atoms with E-state index in [2.05, 4.69) is 52.6 Å². The van der Waals surface area contributed by atoms with Gasteiger partial charge in [0.2, 0.25) is 0 Å². The first-order chi connectivity index (χ1) is 8.79. The fourth-order valence-corrected chi connectivity index (χ4v) is 3.12. The number of imidazole rings is 1. The predicted octanol–water partition coefficient (Wildman–Crippen LogP) is 3.00. The first-order valence-corrected chi connectivity index (χ1v) is 6.95. The summed E-state index contributed by atoms with van der Waals surface area (Å²) in [5.74, 6) is 1.16. The molecule has 18 heavy (non-hydrogen) atoms. The van der Waals surface area contributed by atoms with Gasteiger partial charge in [-0.3, -0.25) is 0 Å². The van der Waals surface area contributed by atoms with E-state index in [1.165, 1.54) is 38.0 Å². The van der Waals surface area contributed by atoms with Crippen molar-refractivity contribution < 1.29 is 0 Å². The fraction of sp³-hybridized carbons (Fsp3) is 0.533. The van der Waals surface area contributed by atoms with Crippen molar-refractivity contribution in [2.75, 3.05) is 19.6 Å². The highest BCUT2D eigenvalue weighted by molar-refractivity contribution is 5.76. The number of nitrogens with zero attached hydrogens (tertiary/aromatic N) is 3. The Morgan fingerprint density at radius 3 is 2.67 bits per heavy atom. The summed E-state index contributed by atoms with van der Waals surface area (Å²) < 4.78 is 2.45. The Morgan fingerprint density at radius 2 is 1.94 bits per heavy atom. The molecule has 0 saturated carbocycles. The summed E-state index contributed by atoms with van der Waals surface area (Å²) in [6, 6.07) is 9.11. The number of rotatable bonds is 2. The first kappa shape index (κ1) is 11.7. The van der Waals surface area contributed by atoms with Crippen molar-refractivity contribution in [3.05, 3.63) is 30.1 Å². The molecule has 0 atom stereocenters. The van der Waals surface area contributed by atoms with E-state index in [1.807, 2.05) is 0 Å². The van der Waals surface area contributed by atoms with Gasteiger partial charge in [0.05, 0.1) is 11.0 Å². The third-order valence-corrected chi connectivity index (χ3v) is 4.14. The van der Waals surface area contributed by atoms with Crippen LogP contribution in [0.25, 0.3) is 11.0 Å². The Morgan fingerprint density at radius 1 is 1.22 bits per heavy atom. The predicted molar refractivity (Wildman–Crippen MR) is 74.9 cm³/mol. The number of piperidine rings is 1. The SMILES string of the molecule is CCN1CCC(n2c(C)nc3ccccc32)CC1. The molecule has 0 N–H and O–H groups in total. The van der Waals surface area contributed by atoms with Gasteiger partial charge in [-0.25, -0.2) is 4.98 Å². The molecular formula is C15H21N3. The average molecular weight is 243 g/mol. The molecule has 1 fully saturated rings. The molecule has 0 radical (unpaired) electrons. The van der Waals surface area contributed by atoms with Gasteiger partial charge in [-0.1, -0.05) is 19.1 Å². The Hall–Kier alpha value is -1.35. The van der Waals surface area contributed by atoms with E-state index in [0.29, 0.717) is 6.04 Å². The van der Waals surface area contributed by atoms with Gasteiger partial charge >= 0.3 is 0 Å². The van der Waals surface area contributed by atoms with Gasteiger partial charge in [0.1, 0.15) is 5.82 Å². The lowest BCUT2D eigenvalue weighted by atomic mass is 10.0. The molecular weight excluding hydrogens is 222 g/mol. The number of hydrogen-bond acceptors (Lipinski definition) is 2. The summed E-state index contributed by atoms with van der Waals surface area (Å²) in [6.07, 6.45) is 2.49. The van der Waals surface area contributed by atoms with E-state index in [0.717, 1.165) is 11.3 Å². The Bertz CT molecular complexity index is 536. The monoisotopic (exact) mass is 243 g/mol. The highest BCUT2D eigenvalue weighted by atomic mass is 15.2. The van der Waals surface area contributed by atoms with Crippen LogP contribution in [0.1, 0.15) is 31.6 Å². The number of aromatic nitrogens is 2. The van der Waals surface area contributed by atoms with Crippen molar-refractivity contribution in [2.24, 2.45) is 0 Å². The van der Waals surface area contributed by atoms with Crippen LogP contribution in [0.2, 0.25) is 0 Å². The summed E-state index contributed by atoms with van der Waals surface area (Å²) >= 11 is 0. The maximum atomic E-state index is 4.68. The van der Waals surface area contributed by atoms with Crippen molar-refractivity contribution in [3.8, 4) is 0 Å². The van der Waals surface area contributed by atoms with Crippen LogP contribution >= 0.6 is 0 Å². The lowest BCUT2D eigenvalue weighted by Crippen LogP contribution is -2.34. The molecule has 2 aromatic rings. The zero-order valence-electron chi connectivity index (χ0n) is 11.3.